The van der Waals surface area contributed by atoms with Crippen LogP contribution in [0.5, 0.6) is 0 Å². The van der Waals surface area contributed by atoms with E-state index < -0.39 is 29.6 Å². The summed E-state index contributed by atoms with van der Waals surface area (Å²) in [7, 11) is 0. The lowest BCUT2D eigenvalue weighted by Crippen LogP contribution is -2.32. The minimum absolute atomic E-state index is 0.0682. The second-order valence-electron chi connectivity index (χ2n) is 8.54. The van der Waals surface area contributed by atoms with Crippen LogP contribution in [0.15, 0.2) is 109 Å². The predicted octanol–water partition coefficient (Wildman–Crippen LogP) is 7.07. The van der Waals surface area contributed by atoms with Crippen molar-refractivity contribution in [3.8, 4) is 0 Å². The maximum atomic E-state index is 12.7. The zero-order valence-corrected chi connectivity index (χ0v) is 20.0. The first-order valence-electron chi connectivity index (χ1n) is 11.5. The van der Waals surface area contributed by atoms with Crippen molar-refractivity contribution in [2.75, 3.05) is 10.6 Å². The van der Waals surface area contributed by atoms with E-state index in [1.54, 1.807) is 24.3 Å². The van der Waals surface area contributed by atoms with Crippen molar-refractivity contribution in [1.29, 1.82) is 0 Å². The van der Waals surface area contributed by atoms with Crippen LogP contribution in [-0.4, -0.2) is 24.2 Å². The van der Waals surface area contributed by atoms with E-state index in [0.29, 0.717) is 11.1 Å². The molecular formula is C29H20F6N2O2. The largest absolute Gasteiger partial charge is 0.471 e. The molecule has 200 valence electrons. The second-order valence-corrected chi connectivity index (χ2v) is 8.54. The minimum atomic E-state index is -5.06. The van der Waals surface area contributed by atoms with Crippen molar-refractivity contribution in [2.24, 2.45) is 0 Å². The molecule has 0 unspecified atom stereocenters. The van der Waals surface area contributed by atoms with E-state index in [1.165, 1.54) is 24.3 Å². The van der Waals surface area contributed by atoms with Gasteiger partial charge in [-0.1, -0.05) is 84.9 Å². The fraction of sp³-hybridized carbons (Fsp3) is 0.103. The highest BCUT2D eigenvalue weighted by Gasteiger charge is 2.41. The van der Waals surface area contributed by atoms with Crippen molar-refractivity contribution in [3.05, 3.63) is 131 Å². The molecule has 0 heterocycles. The summed E-state index contributed by atoms with van der Waals surface area (Å²) in [5.74, 6) is -4.21. The van der Waals surface area contributed by atoms with Crippen LogP contribution in [0.2, 0.25) is 0 Å². The third kappa shape index (κ3) is 5.79. The van der Waals surface area contributed by atoms with E-state index in [0.717, 1.165) is 11.1 Å². The Morgan fingerprint density at radius 3 is 1.00 bits per heavy atom. The van der Waals surface area contributed by atoms with Crippen LogP contribution in [0, 0.1) is 0 Å². The number of alkyl halides is 6. The zero-order valence-electron chi connectivity index (χ0n) is 20.0. The number of carbonyl (C=O) groups is 2. The maximum Gasteiger partial charge on any atom is 0.471 e. The first kappa shape index (κ1) is 27.4. The third-order valence-electron chi connectivity index (χ3n) is 6.08. The van der Waals surface area contributed by atoms with Crippen LogP contribution in [0.25, 0.3) is 0 Å². The van der Waals surface area contributed by atoms with Crippen molar-refractivity contribution < 1.29 is 35.9 Å². The molecule has 4 aromatic carbocycles. The number of anilines is 2. The number of hydrogen-bond donors (Lipinski definition) is 2. The monoisotopic (exact) mass is 542 g/mol. The predicted molar refractivity (Wildman–Crippen MR) is 134 cm³/mol. The van der Waals surface area contributed by atoms with Crippen molar-refractivity contribution in [3.63, 3.8) is 0 Å². The molecule has 2 amide bonds. The molecule has 4 aromatic rings. The van der Waals surface area contributed by atoms with Gasteiger partial charge < -0.3 is 10.6 Å². The molecule has 0 radical (unpaired) electrons. The summed E-state index contributed by atoms with van der Waals surface area (Å²) in [5, 5.41) is 3.64. The van der Waals surface area contributed by atoms with Gasteiger partial charge in [0.2, 0.25) is 0 Å². The zero-order chi connectivity index (χ0) is 28.3. The second kappa shape index (κ2) is 10.6. The number of carbonyl (C=O) groups excluding carboxylic acids is 2. The number of rotatable bonds is 6. The molecule has 0 atom stereocenters. The highest BCUT2D eigenvalue weighted by molar-refractivity contribution is 5.95. The molecule has 0 aliphatic rings. The van der Waals surface area contributed by atoms with Gasteiger partial charge in [0, 0.05) is 11.4 Å². The first-order chi connectivity index (χ1) is 18.4. The molecule has 0 saturated carbocycles. The minimum Gasteiger partial charge on any atom is -0.318 e. The number of halogens is 6. The Morgan fingerprint density at radius 2 is 0.718 bits per heavy atom. The van der Waals surface area contributed by atoms with E-state index >= 15 is 0 Å². The van der Waals surface area contributed by atoms with E-state index in [1.807, 2.05) is 71.3 Å². The van der Waals surface area contributed by atoms with E-state index in [9.17, 15) is 35.9 Å². The molecule has 0 aliphatic heterocycles. The molecule has 0 spiro atoms. The lowest BCUT2D eigenvalue weighted by Gasteiger charge is -2.37. The van der Waals surface area contributed by atoms with Crippen LogP contribution in [0.4, 0.5) is 37.7 Å². The van der Waals surface area contributed by atoms with Gasteiger partial charge in [-0.25, -0.2) is 0 Å². The van der Waals surface area contributed by atoms with Gasteiger partial charge >= 0.3 is 24.2 Å². The van der Waals surface area contributed by atoms with Gasteiger partial charge in [0.1, 0.15) is 0 Å². The lowest BCUT2D eigenvalue weighted by molar-refractivity contribution is -0.167. The van der Waals surface area contributed by atoms with E-state index in [4.69, 9.17) is 0 Å². The Morgan fingerprint density at radius 1 is 0.436 bits per heavy atom. The molecule has 0 saturated heterocycles. The molecule has 2 N–H and O–H groups in total. The summed E-state index contributed by atoms with van der Waals surface area (Å²) in [6.07, 6.45) is -10.1. The molecule has 0 fully saturated rings. The standard InChI is InChI=1S/C29H20F6N2O2/c30-28(31,32)25(38)36-23-15-11-21(12-16-23)27(19-7-3-1-4-8-19,20-9-5-2-6-10-20)22-13-17-24(18-14-22)37-26(39)29(33,34)35/h1-18H,(H,36,38)(H,37,39). The molecular weight excluding hydrogens is 522 g/mol. The van der Waals surface area contributed by atoms with Gasteiger partial charge in [-0.15, -0.1) is 0 Å². The Balaban J connectivity index is 1.87. The van der Waals surface area contributed by atoms with Gasteiger partial charge in [0.15, 0.2) is 0 Å². The number of hydrogen-bond acceptors (Lipinski definition) is 2. The summed E-state index contributed by atoms with van der Waals surface area (Å²) in [6, 6.07) is 29.9. The van der Waals surface area contributed by atoms with Crippen LogP contribution in [0.1, 0.15) is 22.3 Å². The first-order valence-corrected chi connectivity index (χ1v) is 11.5. The highest BCUT2D eigenvalue weighted by Crippen LogP contribution is 2.45. The van der Waals surface area contributed by atoms with Gasteiger partial charge in [-0.2, -0.15) is 26.3 Å². The van der Waals surface area contributed by atoms with Crippen molar-refractivity contribution in [1.82, 2.24) is 0 Å². The van der Waals surface area contributed by atoms with Crippen LogP contribution >= 0.6 is 0 Å². The maximum absolute atomic E-state index is 12.7. The fourth-order valence-electron chi connectivity index (χ4n) is 4.39. The molecule has 10 heteroatoms. The summed E-state index contributed by atoms with van der Waals surface area (Å²) < 4.78 is 76.5. The molecule has 39 heavy (non-hydrogen) atoms. The quantitative estimate of drug-likeness (QED) is 0.202. The molecule has 4 rings (SSSR count). The molecule has 0 aliphatic carbocycles. The van der Waals surface area contributed by atoms with Crippen molar-refractivity contribution in [2.45, 2.75) is 17.8 Å². The van der Waals surface area contributed by atoms with Gasteiger partial charge in [0.25, 0.3) is 0 Å². The summed E-state index contributed by atoms with van der Waals surface area (Å²) in [6.45, 7) is 0. The number of amides is 2. The van der Waals surface area contributed by atoms with E-state index in [2.05, 4.69) is 0 Å². The number of benzene rings is 4. The topological polar surface area (TPSA) is 58.2 Å². The van der Waals surface area contributed by atoms with Crippen LogP contribution in [0.3, 0.4) is 0 Å². The summed E-state index contributed by atoms with van der Waals surface area (Å²) >= 11 is 0. The van der Waals surface area contributed by atoms with Gasteiger partial charge in [0.05, 0.1) is 5.41 Å². The van der Waals surface area contributed by atoms with Crippen LogP contribution < -0.4 is 10.6 Å². The highest BCUT2D eigenvalue weighted by atomic mass is 19.4. The van der Waals surface area contributed by atoms with Gasteiger partial charge in [-0.3, -0.25) is 9.59 Å². The average molecular weight is 542 g/mol. The molecule has 0 bridgehead atoms. The molecule has 0 aromatic heterocycles. The SMILES string of the molecule is O=C(Nc1ccc(C(c2ccccc2)(c2ccccc2)c2ccc(NC(=O)C(F)(F)F)cc2)cc1)C(F)(F)F. The Labute approximate surface area is 219 Å². The number of nitrogens with one attached hydrogen (secondary N) is 2. The molecule has 4 nitrogen and oxygen atoms in total. The van der Waals surface area contributed by atoms with Crippen LogP contribution in [-0.2, 0) is 15.0 Å². The normalized spacial score (nSPS) is 12.1. The Hall–Kier alpha value is -4.60. The average Bonchev–Trinajstić information content (AvgIpc) is 2.91. The Kier molecular flexibility index (Phi) is 7.49. The third-order valence-corrected chi connectivity index (χ3v) is 6.08. The summed E-state index contributed by atoms with van der Waals surface area (Å²) in [5.41, 5.74) is 1.53. The van der Waals surface area contributed by atoms with E-state index in [-0.39, 0.29) is 11.4 Å². The lowest BCUT2D eigenvalue weighted by atomic mass is 9.65. The summed E-state index contributed by atoms with van der Waals surface area (Å²) in [4.78, 5) is 22.8. The van der Waals surface area contributed by atoms with Crippen molar-refractivity contribution >= 4 is 23.2 Å². The Bertz CT molecular complexity index is 1320. The smallest absolute Gasteiger partial charge is 0.318 e. The fourth-order valence-corrected chi connectivity index (χ4v) is 4.39. The van der Waals surface area contributed by atoms with Gasteiger partial charge in [-0.05, 0) is 46.5 Å².